The van der Waals surface area contributed by atoms with Crippen LogP contribution in [0.1, 0.15) is 26.7 Å². The maximum absolute atomic E-state index is 5.56. The van der Waals surface area contributed by atoms with Crippen molar-refractivity contribution in [3.05, 3.63) is 6.92 Å². The van der Waals surface area contributed by atoms with Crippen LogP contribution in [0.15, 0.2) is 0 Å². The van der Waals surface area contributed by atoms with E-state index in [0.29, 0.717) is 13.2 Å². The van der Waals surface area contributed by atoms with E-state index in [2.05, 4.69) is 20.8 Å². The van der Waals surface area contributed by atoms with E-state index in [1.54, 1.807) is 0 Å². The fraction of sp³-hybridized carbons (Fsp3) is 0.875. The minimum atomic E-state index is -0.109. The first-order valence-corrected chi connectivity index (χ1v) is 3.88. The first-order valence-electron chi connectivity index (χ1n) is 3.88. The maximum Gasteiger partial charge on any atom is 0.0798 e. The Labute approximate surface area is 63.7 Å². The summed E-state index contributed by atoms with van der Waals surface area (Å²) in [6, 6.07) is 0. The third-order valence-electron chi connectivity index (χ3n) is 2.07. The Kier molecular flexibility index (Phi) is 4.65. The maximum atomic E-state index is 5.56. The normalized spacial score (nSPS) is 12.0. The molecule has 61 valence electrons. The summed E-state index contributed by atoms with van der Waals surface area (Å²) in [5.41, 5.74) is 5.45. The van der Waals surface area contributed by atoms with Gasteiger partial charge in [0, 0.05) is 13.2 Å². The Morgan fingerprint density at radius 2 is 1.90 bits per heavy atom. The first kappa shape index (κ1) is 9.92. The molecule has 10 heavy (non-hydrogen) atoms. The van der Waals surface area contributed by atoms with Crippen LogP contribution in [0.2, 0.25) is 0 Å². The van der Waals surface area contributed by atoms with Gasteiger partial charge in [-0.05, 0) is 19.8 Å². The molecule has 2 heteroatoms. The van der Waals surface area contributed by atoms with Gasteiger partial charge in [-0.1, -0.05) is 13.8 Å². The Morgan fingerprint density at radius 3 is 2.00 bits per heavy atom. The van der Waals surface area contributed by atoms with Crippen molar-refractivity contribution in [2.24, 2.45) is 5.73 Å². The van der Waals surface area contributed by atoms with Gasteiger partial charge in [-0.15, -0.1) is 0 Å². The second-order valence-electron chi connectivity index (χ2n) is 2.44. The molecule has 0 aliphatic carbocycles. The highest BCUT2D eigenvalue weighted by Gasteiger charge is 2.23. The predicted molar refractivity (Wildman–Crippen MR) is 43.7 cm³/mol. The van der Waals surface area contributed by atoms with Crippen molar-refractivity contribution in [2.45, 2.75) is 32.3 Å². The fourth-order valence-electron chi connectivity index (χ4n) is 1.02. The molecular formula is C8H18NO. The summed E-state index contributed by atoms with van der Waals surface area (Å²) >= 11 is 0. The molecule has 0 saturated heterocycles. The van der Waals surface area contributed by atoms with Gasteiger partial charge in [0.25, 0.3) is 0 Å². The average molecular weight is 144 g/mol. The molecule has 0 unspecified atom stereocenters. The fourth-order valence-corrected chi connectivity index (χ4v) is 1.02. The predicted octanol–water partition coefficient (Wildman–Crippen LogP) is 1.35. The van der Waals surface area contributed by atoms with Crippen molar-refractivity contribution in [1.29, 1.82) is 0 Å². The number of nitrogens with two attached hydrogens (primary N) is 1. The summed E-state index contributed by atoms with van der Waals surface area (Å²) in [7, 11) is 0. The van der Waals surface area contributed by atoms with Crippen LogP contribution in [0.5, 0.6) is 0 Å². The van der Waals surface area contributed by atoms with Gasteiger partial charge >= 0.3 is 0 Å². The van der Waals surface area contributed by atoms with Gasteiger partial charge < -0.3 is 10.5 Å². The van der Waals surface area contributed by atoms with Crippen molar-refractivity contribution in [2.75, 3.05) is 13.2 Å². The molecule has 0 aliphatic heterocycles. The van der Waals surface area contributed by atoms with Crippen molar-refractivity contribution < 1.29 is 4.74 Å². The van der Waals surface area contributed by atoms with E-state index in [1.807, 2.05) is 0 Å². The average Bonchev–Trinajstić information content (AvgIpc) is 2.01. The Bertz CT molecular complexity index is 71.1. The van der Waals surface area contributed by atoms with Crippen LogP contribution in [0, 0.1) is 6.92 Å². The lowest BCUT2D eigenvalue weighted by Gasteiger charge is -2.29. The first-order chi connectivity index (χ1) is 4.74. The molecule has 0 aromatic carbocycles. The van der Waals surface area contributed by atoms with Gasteiger partial charge in [-0.25, -0.2) is 0 Å². The zero-order valence-corrected chi connectivity index (χ0v) is 7.02. The van der Waals surface area contributed by atoms with Crippen LogP contribution in [-0.4, -0.2) is 18.8 Å². The lowest BCUT2D eigenvalue weighted by Crippen LogP contribution is -2.39. The zero-order chi connectivity index (χ0) is 8.04. The molecule has 0 atom stereocenters. The second kappa shape index (κ2) is 4.69. The van der Waals surface area contributed by atoms with Gasteiger partial charge in [0.05, 0.1) is 5.60 Å². The molecule has 0 aromatic heterocycles. The molecule has 1 radical (unpaired) electrons. The lowest BCUT2D eigenvalue weighted by atomic mass is 9.97. The van der Waals surface area contributed by atoms with Crippen LogP contribution in [-0.2, 0) is 4.74 Å². The van der Waals surface area contributed by atoms with E-state index >= 15 is 0 Å². The highest BCUT2D eigenvalue weighted by atomic mass is 16.5. The third kappa shape index (κ3) is 2.27. The summed E-state index contributed by atoms with van der Waals surface area (Å²) in [5, 5.41) is 0. The lowest BCUT2D eigenvalue weighted by molar-refractivity contribution is -0.0304. The molecule has 0 spiro atoms. The van der Waals surface area contributed by atoms with Gasteiger partial charge in [0.15, 0.2) is 0 Å². The van der Waals surface area contributed by atoms with E-state index in [-0.39, 0.29) is 5.60 Å². The summed E-state index contributed by atoms with van der Waals surface area (Å²) in [5.74, 6) is 0. The zero-order valence-electron chi connectivity index (χ0n) is 7.02. The quantitative estimate of drug-likeness (QED) is 0.632. The molecule has 2 N–H and O–H groups in total. The number of hydrogen-bond acceptors (Lipinski definition) is 2. The molecule has 0 saturated carbocycles. The highest BCUT2D eigenvalue weighted by molar-refractivity contribution is 4.78. The van der Waals surface area contributed by atoms with Crippen molar-refractivity contribution >= 4 is 0 Å². The second-order valence-corrected chi connectivity index (χ2v) is 2.44. The SMILES string of the molecule is [CH2]COC(CC)(CC)CN. The van der Waals surface area contributed by atoms with Gasteiger partial charge in [0.2, 0.25) is 0 Å². The highest BCUT2D eigenvalue weighted by Crippen LogP contribution is 2.17. The molecule has 0 rings (SSSR count). The van der Waals surface area contributed by atoms with Crippen LogP contribution >= 0.6 is 0 Å². The molecule has 2 nitrogen and oxygen atoms in total. The van der Waals surface area contributed by atoms with E-state index in [4.69, 9.17) is 10.5 Å². The van der Waals surface area contributed by atoms with E-state index in [9.17, 15) is 0 Å². The Morgan fingerprint density at radius 1 is 1.40 bits per heavy atom. The number of hydrogen-bond donors (Lipinski definition) is 1. The Hall–Kier alpha value is -0.0800. The molecule has 0 bridgehead atoms. The van der Waals surface area contributed by atoms with Crippen LogP contribution in [0.4, 0.5) is 0 Å². The number of ether oxygens (including phenoxy) is 1. The van der Waals surface area contributed by atoms with E-state index in [0.717, 1.165) is 12.8 Å². The molecule has 0 fully saturated rings. The topological polar surface area (TPSA) is 35.2 Å². The van der Waals surface area contributed by atoms with Crippen molar-refractivity contribution in [3.8, 4) is 0 Å². The monoisotopic (exact) mass is 144 g/mol. The molecule has 0 aromatic rings. The molecule has 0 aliphatic rings. The van der Waals surface area contributed by atoms with Crippen LogP contribution in [0.3, 0.4) is 0 Å². The molecule has 0 heterocycles. The van der Waals surface area contributed by atoms with Gasteiger partial charge in [0.1, 0.15) is 0 Å². The van der Waals surface area contributed by atoms with Crippen molar-refractivity contribution in [3.63, 3.8) is 0 Å². The van der Waals surface area contributed by atoms with E-state index in [1.165, 1.54) is 0 Å². The van der Waals surface area contributed by atoms with E-state index < -0.39 is 0 Å². The standard InChI is InChI=1S/C8H18NO/c1-4-8(5-2,7-9)10-6-3/h3-7,9H2,1-2H3. The number of rotatable bonds is 5. The minimum absolute atomic E-state index is 0.109. The largest absolute Gasteiger partial charge is 0.374 e. The van der Waals surface area contributed by atoms with Gasteiger partial charge in [-0.2, -0.15) is 0 Å². The molecular weight excluding hydrogens is 126 g/mol. The summed E-state index contributed by atoms with van der Waals surface area (Å²) in [6.45, 7) is 8.92. The minimum Gasteiger partial charge on any atom is -0.374 e. The third-order valence-corrected chi connectivity index (χ3v) is 2.07. The summed E-state index contributed by atoms with van der Waals surface area (Å²) in [4.78, 5) is 0. The molecule has 0 amide bonds. The van der Waals surface area contributed by atoms with Crippen LogP contribution < -0.4 is 5.73 Å². The summed E-state index contributed by atoms with van der Waals surface area (Å²) in [6.07, 6.45) is 1.94. The Balaban J connectivity index is 3.87. The van der Waals surface area contributed by atoms with Crippen LogP contribution in [0.25, 0.3) is 0 Å². The summed E-state index contributed by atoms with van der Waals surface area (Å²) < 4.78 is 5.44. The van der Waals surface area contributed by atoms with Crippen molar-refractivity contribution in [1.82, 2.24) is 0 Å². The smallest absolute Gasteiger partial charge is 0.0798 e. The van der Waals surface area contributed by atoms with Gasteiger partial charge in [-0.3, -0.25) is 0 Å².